The fraction of sp³-hybridized carbons (Fsp3) is 0.391. The maximum atomic E-state index is 12.7. The van der Waals surface area contributed by atoms with Crippen LogP contribution in [0.5, 0.6) is 0 Å². The maximum Gasteiger partial charge on any atom is 0.253 e. The Balaban J connectivity index is 1.43. The highest BCUT2D eigenvalue weighted by Crippen LogP contribution is 2.27. The molecule has 2 saturated heterocycles. The lowest BCUT2D eigenvalue weighted by Crippen LogP contribution is -2.35. The molecule has 4 nitrogen and oxygen atoms in total. The van der Waals surface area contributed by atoms with Gasteiger partial charge in [-0.05, 0) is 61.4 Å². The number of hydrogen-bond donors (Lipinski definition) is 0. The zero-order valence-corrected chi connectivity index (χ0v) is 15.6. The smallest absolute Gasteiger partial charge is 0.253 e. The average molecular weight is 362 g/mol. The Morgan fingerprint density at radius 1 is 0.963 bits per heavy atom. The summed E-state index contributed by atoms with van der Waals surface area (Å²) in [5, 5.41) is 0. The van der Waals surface area contributed by atoms with Crippen molar-refractivity contribution in [1.82, 2.24) is 4.90 Å². The van der Waals surface area contributed by atoms with Crippen molar-refractivity contribution in [3.8, 4) is 0 Å². The molecule has 0 radical (unpaired) electrons. The van der Waals surface area contributed by atoms with Crippen molar-refractivity contribution in [3.63, 3.8) is 0 Å². The molecule has 0 N–H and O–H groups in total. The summed E-state index contributed by atoms with van der Waals surface area (Å²) in [5.74, 6) is 0.620. The number of carbonyl (C=O) groups excluding carboxylic acids is 2. The van der Waals surface area contributed by atoms with Crippen LogP contribution in [0.4, 0.5) is 5.69 Å². The van der Waals surface area contributed by atoms with Gasteiger partial charge in [-0.25, -0.2) is 0 Å². The number of hydrogen-bond acceptors (Lipinski definition) is 2. The maximum absolute atomic E-state index is 12.7. The molecule has 0 saturated carbocycles. The second-order valence-corrected chi connectivity index (χ2v) is 7.67. The van der Waals surface area contributed by atoms with E-state index in [9.17, 15) is 9.59 Å². The minimum absolute atomic E-state index is 0.143. The second kappa shape index (κ2) is 7.95. The molecule has 2 aromatic carbocycles. The lowest BCUT2D eigenvalue weighted by Gasteiger charge is -2.27. The molecule has 140 valence electrons. The Bertz CT molecular complexity index is 812. The van der Waals surface area contributed by atoms with Crippen LogP contribution in [0.1, 0.15) is 41.6 Å². The van der Waals surface area contributed by atoms with Crippen LogP contribution >= 0.6 is 0 Å². The lowest BCUT2D eigenvalue weighted by molar-refractivity contribution is -0.117. The number of anilines is 1. The van der Waals surface area contributed by atoms with E-state index in [1.165, 1.54) is 6.42 Å². The first-order chi connectivity index (χ1) is 13.2. The lowest BCUT2D eigenvalue weighted by atomic mass is 9.97. The van der Waals surface area contributed by atoms with Crippen molar-refractivity contribution < 1.29 is 9.59 Å². The van der Waals surface area contributed by atoms with Gasteiger partial charge in [0.2, 0.25) is 5.91 Å². The van der Waals surface area contributed by atoms with Gasteiger partial charge in [-0.3, -0.25) is 9.59 Å². The van der Waals surface area contributed by atoms with Gasteiger partial charge in [0, 0.05) is 37.3 Å². The molecule has 2 aliphatic heterocycles. The SMILES string of the molecule is O=C(c1cccc(C[C@@H]2CC(=O)N(c3ccccc3)C2)c1)N1CCCCC1. The molecule has 1 atom stereocenters. The molecule has 0 aromatic heterocycles. The van der Waals surface area contributed by atoms with E-state index >= 15 is 0 Å². The third-order valence-electron chi connectivity index (χ3n) is 5.61. The zero-order chi connectivity index (χ0) is 18.6. The molecule has 0 unspecified atom stereocenters. The van der Waals surface area contributed by atoms with Gasteiger partial charge in [-0.2, -0.15) is 0 Å². The van der Waals surface area contributed by atoms with Crippen LogP contribution in [0.25, 0.3) is 0 Å². The highest BCUT2D eigenvalue weighted by molar-refractivity contribution is 5.96. The molecule has 0 bridgehead atoms. The van der Waals surface area contributed by atoms with Crippen molar-refractivity contribution in [1.29, 1.82) is 0 Å². The van der Waals surface area contributed by atoms with Crippen LogP contribution < -0.4 is 4.90 Å². The minimum atomic E-state index is 0.143. The molecule has 4 heteroatoms. The minimum Gasteiger partial charge on any atom is -0.339 e. The van der Waals surface area contributed by atoms with E-state index in [0.717, 1.165) is 55.7 Å². The summed E-state index contributed by atoms with van der Waals surface area (Å²) in [6, 6.07) is 17.8. The molecule has 2 heterocycles. The number of nitrogens with zero attached hydrogens (tertiary/aromatic N) is 2. The molecular weight excluding hydrogens is 336 g/mol. The summed E-state index contributed by atoms with van der Waals surface area (Å²) in [7, 11) is 0. The summed E-state index contributed by atoms with van der Waals surface area (Å²) in [6.45, 7) is 2.48. The van der Waals surface area contributed by atoms with Crippen molar-refractivity contribution >= 4 is 17.5 Å². The van der Waals surface area contributed by atoms with Gasteiger partial charge in [0.15, 0.2) is 0 Å². The van der Waals surface area contributed by atoms with Gasteiger partial charge in [-0.1, -0.05) is 30.3 Å². The second-order valence-electron chi connectivity index (χ2n) is 7.67. The fourth-order valence-corrected chi connectivity index (χ4v) is 4.22. The Hall–Kier alpha value is -2.62. The van der Waals surface area contributed by atoms with Gasteiger partial charge in [-0.15, -0.1) is 0 Å². The van der Waals surface area contributed by atoms with Gasteiger partial charge in [0.05, 0.1) is 0 Å². The molecule has 0 spiro atoms. The fourth-order valence-electron chi connectivity index (χ4n) is 4.22. The van der Waals surface area contributed by atoms with Crippen LogP contribution in [0.2, 0.25) is 0 Å². The highest BCUT2D eigenvalue weighted by atomic mass is 16.2. The first-order valence-electron chi connectivity index (χ1n) is 9.94. The van der Waals surface area contributed by atoms with E-state index in [0.29, 0.717) is 6.42 Å². The largest absolute Gasteiger partial charge is 0.339 e. The Morgan fingerprint density at radius 3 is 2.52 bits per heavy atom. The number of piperidine rings is 1. The molecule has 27 heavy (non-hydrogen) atoms. The molecule has 2 aromatic rings. The van der Waals surface area contributed by atoms with E-state index < -0.39 is 0 Å². The Kier molecular flexibility index (Phi) is 5.23. The van der Waals surface area contributed by atoms with E-state index in [1.807, 2.05) is 58.3 Å². The highest BCUT2D eigenvalue weighted by Gasteiger charge is 2.30. The quantitative estimate of drug-likeness (QED) is 0.827. The van der Waals surface area contributed by atoms with Crippen molar-refractivity contribution in [2.24, 2.45) is 5.92 Å². The van der Waals surface area contributed by atoms with Crippen molar-refractivity contribution in [3.05, 3.63) is 65.7 Å². The molecular formula is C23H26N2O2. The number of amides is 2. The van der Waals surface area contributed by atoms with Gasteiger partial charge < -0.3 is 9.80 Å². The summed E-state index contributed by atoms with van der Waals surface area (Å²) in [6.07, 6.45) is 4.82. The van der Waals surface area contributed by atoms with Crippen LogP contribution in [-0.4, -0.2) is 36.3 Å². The van der Waals surface area contributed by atoms with Crippen LogP contribution in [-0.2, 0) is 11.2 Å². The standard InChI is InChI=1S/C23H26N2O2/c26-22-16-19(17-25(22)21-10-3-1-4-11-21)14-18-8-7-9-20(15-18)23(27)24-12-5-2-6-13-24/h1,3-4,7-11,15,19H,2,5-6,12-14,16-17H2/t19-/m1/s1. The van der Waals surface area contributed by atoms with Gasteiger partial charge in [0.25, 0.3) is 5.91 Å². The van der Waals surface area contributed by atoms with Crippen molar-refractivity contribution in [2.45, 2.75) is 32.1 Å². The number of para-hydroxylation sites is 1. The normalized spacial score (nSPS) is 20.1. The Morgan fingerprint density at radius 2 is 1.74 bits per heavy atom. The summed E-state index contributed by atoms with van der Waals surface area (Å²) in [5.41, 5.74) is 2.89. The zero-order valence-electron chi connectivity index (χ0n) is 15.6. The van der Waals surface area contributed by atoms with Crippen LogP contribution in [0.3, 0.4) is 0 Å². The number of benzene rings is 2. The molecule has 2 aliphatic rings. The third kappa shape index (κ3) is 4.05. The predicted molar refractivity (Wildman–Crippen MR) is 107 cm³/mol. The van der Waals surface area contributed by atoms with E-state index in [-0.39, 0.29) is 17.7 Å². The monoisotopic (exact) mass is 362 g/mol. The van der Waals surface area contributed by atoms with E-state index in [2.05, 4.69) is 6.07 Å². The molecule has 4 rings (SSSR count). The average Bonchev–Trinajstić information content (AvgIpc) is 3.09. The third-order valence-corrected chi connectivity index (χ3v) is 5.61. The van der Waals surface area contributed by atoms with E-state index in [4.69, 9.17) is 0 Å². The summed E-state index contributed by atoms with van der Waals surface area (Å²) < 4.78 is 0. The van der Waals surface area contributed by atoms with Crippen LogP contribution in [0.15, 0.2) is 54.6 Å². The first kappa shape index (κ1) is 17.8. The van der Waals surface area contributed by atoms with Gasteiger partial charge in [0.1, 0.15) is 0 Å². The predicted octanol–water partition coefficient (Wildman–Crippen LogP) is 3.91. The topological polar surface area (TPSA) is 40.6 Å². The molecule has 2 fully saturated rings. The number of likely N-dealkylation sites (tertiary alicyclic amines) is 1. The summed E-state index contributed by atoms with van der Waals surface area (Å²) >= 11 is 0. The molecule has 2 amide bonds. The van der Waals surface area contributed by atoms with Crippen LogP contribution in [0, 0.1) is 5.92 Å². The van der Waals surface area contributed by atoms with Gasteiger partial charge >= 0.3 is 0 Å². The first-order valence-corrected chi connectivity index (χ1v) is 9.94. The number of carbonyl (C=O) groups is 2. The molecule has 0 aliphatic carbocycles. The Labute approximate surface area is 160 Å². The van der Waals surface area contributed by atoms with Crippen molar-refractivity contribution in [2.75, 3.05) is 24.5 Å². The number of rotatable bonds is 4. The summed E-state index contributed by atoms with van der Waals surface area (Å²) in [4.78, 5) is 29.0. The van der Waals surface area contributed by atoms with E-state index in [1.54, 1.807) is 0 Å².